The Morgan fingerprint density at radius 1 is 1.42 bits per heavy atom. The van der Waals surface area contributed by atoms with Gasteiger partial charge >= 0.3 is 5.97 Å². The summed E-state index contributed by atoms with van der Waals surface area (Å²) in [5, 5.41) is 2.87. The fourth-order valence-electron chi connectivity index (χ4n) is 2.42. The van der Waals surface area contributed by atoms with Gasteiger partial charge in [-0.15, -0.1) is 0 Å². The number of cyclic esters (lactones) is 1. The lowest BCUT2D eigenvalue weighted by molar-refractivity contribution is -0.125. The summed E-state index contributed by atoms with van der Waals surface area (Å²) in [5.41, 5.74) is 2.24. The molecule has 1 aliphatic rings. The summed E-state index contributed by atoms with van der Waals surface area (Å²) >= 11 is 0.986. The van der Waals surface area contributed by atoms with Gasteiger partial charge in [-0.05, 0) is 25.5 Å². The van der Waals surface area contributed by atoms with E-state index in [2.05, 4.69) is 14.7 Å². The lowest BCUT2D eigenvalue weighted by Gasteiger charge is -2.23. The van der Waals surface area contributed by atoms with Crippen molar-refractivity contribution >= 4 is 34.3 Å². The molecule has 124 valence electrons. The number of aryl methyl sites for hydroxylation is 1. The molecule has 1 amide bonds. The number of ether oxygens (including phenoxy) is 1. The van der Waals surface area contributed by atoms with Crippen molar-refractivity contribution in [3.8, 4) is 0 Å². The normalized spacial score (nSPS) is 16.2. The highest BCUT2D eigenvalue weighted by Crippen LogP contribution is 2.23. The molecule has 2 heterocycles. The average molecular weight is 345 g/mol. The molecule has 1 unspecified atom stereocenters. The number of amides is 1. The third-order valence-corrected chi connectivity index (χ3v) is 4.21. The van der Waals surface area contributed by atoms with Gasteiger partial charge in [0.2, 0.25) is 5.13 Å². The molecule has 1 aromatic heterocycles. The lowest BCUT2D eigenvalue weighted by atomic mass is 9.96. The van der Waals surface area contributed by atoms with Crippen LogP contribution >= 0.6 is 11.5 Å². The summed E-state index contributed by atoms with van der Waals surface area (Å²) in [6, 6.07) is 5.48. The highest BCUT2D eigenvalue weighted by atomic mass is 32.1. The van der Waals surface area contributed by atoms with Gasteiger partial charge in [0.15, 0.2) is 11.9 Å². The van der Waals surface area contributed by atoms with E-state index in [0.29, 0.717) is 17.8 Å². The molecule has 1 aromatic carbocycles. The molecule has 0 aliphatic carbocycles. The summed E-state index contributed by atoms with van der Waals surface area (Å²) in [6.45, 7) is 3.33. The van der Waals surface area contributed by atoms with Crippen molar-refractivity contribution in [3.05, 3.63) is 40.7 Å². The minimum atomic E-state index is -0.909. The summed E-state index contributed by atoms with van der Waals surface area (Å²) in [5.74, 6) is -0.655. The predicted molar refractivity (Wildman–Crippen MR) is 87.0 cm³/mol. The first kappa shape index (κ1) is 16.3. The van der Waals surface area contributed by atoms with Gasteiger partial charge in [0.1, 0.15) is 5.78 Å². The predicted octanol–water partition coefficient (Wildman–Crippen LogP) is 1.70. The first-order valence-corrected chi connectivity index (χ1v) is 8.13. The molecule has 1 N–H and O–H groups in total. The number of carbonyl (C=O) groups excluding carboxylic acids is 3. The third kappa shape index (κ3) is 3.48. The van der Waals surface area contributed by atoms with E-state index in [1.165, 1.54) is 6.92 Å². The molecule has 0 saturated carbocycles. The maximum atomic E-state index is 12.3. The second-order valence-corrected chi connectivity index (χ2v) is 6.39. The largest absolute Gasteiger partial charge is 0.448 e. The van der Waals surface area contributed by atoms with Gasteiger partial charge in [-0.2, -0.15) is 4.37 Å². The van der Waals surface area contributed by atoms with E-state index in [4.69, 9.17) is 4.74 Å². The zero-order chi connectivity index (χ0) is 17.3. The lowest BCUT2D eigenvalue weighted by Crippen LogP contribution is -2.38. The number of fused-ring (bicyclic) bond motifs is 1. The van der Waals surface area contributed by atoms with Crippen LogP contribution in [0.1, 0.15) is 34.2 Å². The fourth-order valence-corrected chi connectivity index (χ4v) is 3.01. The number of carbonyl (C=O) groups is 3. The second kappa shape index (κ2) is 6.48. The molecular formula is C16H15N3O4S. The Morgan fingerprint density at radius 2 is 2.21 bits per heavy atom. The number of hydrogen-bond acceptors (Lipinski definition) is 7. The summed E-state index contributed by atoms with van der Waals surface area (Å²) in [7, 11) is 0. The summed E-state index contributed by atoms with van der Waals surface area (Å²) in [6.07, 6.45) is -0.475. The molecule has 0 radical (unpaired) electrons. The number of nitrogens with zero attached hydrogens (tertiary/aromatic N) is 2. The topological polar surface area (TPSA) is 98.2 Å². The van der Waals surface area contributed by atoms with Crippen LogP contribution in [0.15, 0.2) is 18.2 Å². The Bertz CT molecular complexity index is 830. The molecule has 7 nitrogen and oxygen atoms in total. The van der Waals surface area contributed by atoms with Gasteiger partial charge in [-0.1, -0.05) is 17.7 Å². The summed E-state index contributed by atoms with van der Waals surface area (Å²) in [4.78, 5) is 39.5. The Hall–Kier alpha value is -2.61. The van der Waals surface area contributed by atoms with Crippen LogP contribution in [0.2, 0.25) is 0 Å². The van der Waals surface area contributed by atoms with Crippen LogP contribution in [0.4, 0.5) is 5.13 Å². The van der Waals surface area contributed by atoms with E-state index in [9.17, 15) is 14.4 Å². The van der Waals surface area contributed by atoms with Gasteiger partial charge in [-0.3, -0.25) is 14.9 Å². The number of Topliss-reactive ketones (excluding diaryl/α,β-unsaturated/α-hetero) is 1. The molecule has 3 rings (SSSR count). The van der Waals surface area contributed by atoms with Crippen LogP contribution in [0.5, 0.6) is 0 Å². The number of ketones is 1. The van der Waals surface area contributed by atoms with E-state index in [1.54, 1.807) is 6.07 Å². The standard InChI is InChI=1S/C16H15N3O4S/c1-8-3-4-10-7-12(23-15(22)11(10)5-8)14(21)18-16-17-13(19-24-16)6-9(2)20/h3-5,12H,6-7H2,1-2H3,(H,17,18,19,21). The molecule has 0 saturated heterocycles. The van der Waals surface area contributed by atoms with Crippen LogP contribution in [-0.4, -0.2) is 33.1 Å². The maximum absolute atomic E-state index is 12.3. The van der Waals surface area contributed by atoms with Crippen molar-refractivity contribution in [2.24, 2.45) is 0 Å². The van der Waals surface area contributed by atoms with Crippen LogP contribution in [0, 0.1) is 6.92 Å². The highest BCUT2D eigenvalue weighted by molar-refractivity contribution is 7.09. The zero-order valence-corrected chi connectivity index (χ0v) is 14.0. The Balaban J connectivity index is 1.70. The molecule has 2 aromatic rings. The number of esters is 1. The molecule has 0 bridgehead atoms. The molecule has 1 aliphatic heterocycles. The van der Waals surface area contributed by atoms with E-state index in [0.717, 1.165) is 22.7 Å². The van der Waals surface area contributed by atoms with Gasteiger partial charge in [0, 0.05) is 18.0 Å². The van der Waals surface area contributed by atoms with Crippen molar-refractivity contribution < 1.29 is 19.1 Å². The SMILES string of the molecule is CC(=O)Cc1nsc(NC(=O)C2Cc3ccc(C)cc3C(=O)O2)n1. The molecule has 8 heteroatoms. The number of aromatic nitrogens is 2. The number of rotatable bonds is 4. The molecule has 24 heavy (non-hydrogen) atoms. The third-order valence-electron chi connectivity index (χ3n) is 3.54. The van der Waals surface area contributed by atoms with Crippen molar-refractivity contribution in [2.45, 2.75) is 32.8 Å². The summed E-state index contributed by atoms with van der Waals surface area (Å²) < 4.78 is 9.23. The fraction of sp³-hybridized carbons (Fsp3) is 0.312. The van der Waals surface area contributed by atoms with Crippen LogP contribution in [0.25, 0.3) is 0 Å². The zero-order valence-electron chi connectivity index (χ0n) is 13.2. The van der Waals surface area contributed by atoms with Crippen molar-refractivity contribution in [2.75, 3.05) is 5.32 Å². The minimum absolute atomic E-state index is 0.0567. The first-order valence-electron chi connectivity index (χ1n) is 7.36. The smallest absolute Gasteiger partial charge is 0.339 e. The van der Waals surface area contributed by atoms with Crippen LogP contribution < -0.4 is 5.32 Å². The van der Waals surface area contributed by atoms with Crippen molar-refractivity contribution in [1.82, 2.24) is 9.36 Å². The Labute approximate surface area is 142 Å². The van der Waals surface area contributed by atoms with E-state index >= 15 is 0 Å². The van der Waals surface area contributed by atoms with E-state index in [1.807, 2.05) is 19.1 Å². The first-order chi connectivity index (χ1) is 11.4. The number of hydrogen-bond donors (Lipinski definition) is 1. The van der Waals surface area contributed by atoms with Crippen LogP contribution in [-0.2, 0) is 27.2 Å². The molecular weight excluding hydrogens is 330 g/mol. The average Bonchev–Trinajstić information content (AvgIpc) is 2.94. The van der Waals surface area contributed by atoms with E-state index in [-0.39, 0.29) is 17.3 Å². The maximum Gasteiger partial charge on any atom is 0.339 e. The Kier molecular flexibility index (Phi) is 4.39. The van der Waals surface area contributed by atoms with Gasteiger partial charge in [-0.25, -0.2) is 9.78 Å². The quantitative estimate of drug-likeness (QED) is 0.847. The van der Waals surface area contributed by atoms with E-state index < -0.39 is 18.0 Å². The number of anilines is 1. The number of nitrogens with one attached hydrogen (secondary N) is 1. The monoisotopic (exact) mass is 345 g/mol. The Morgan fingerprint density at radius 3 is 2.96 bits per heavy atom. The molecule has 0 fully saturated rings. The second-order valence-electron chi connectivity index (χ2n) is 5.64. The van der Waals surface area contributed by atoms with Gasteiger partial charge in [0.25, 0.3) is 5.91 Å². The minimum Gasteiger partial charge on any atom is -0.448 e. The molecule has 1 atom stereocenters. The highest BCUT2D eigenvalue weighted by Gasteiger charge is 2.31. The molecule has 0 spiro atoms. The van der Waals surface area contributed by atoms with Crippen molar-refractivity contribution in [3.63, 3.8) is 0 Å². The van der Waals surface area contributed by atoms with Crippen LogP contribution in [0.3, 0.4) is 0 Å². The van der Waals surface area contributed by atoms with Crippen molar-refractivity contribution in [1.29, 1.82) is 0 Å². The number of benzene rings is 1. The van der Waals surface area contributed by atoms with Gasteiger partial charge < -0.3 is 4.74 Å². The van der Waals surface area contributed by atoms with Gasteiger partial charge in [0.05, 0.1) is 12.0 Å².